The molecule has 2 heterocycles. The second-order valence-electron chi connectivity index (χ2n) is 2.95. The third kappa shape index (κ3) is 6.93. The van der Waals surface area contributed by atoms with Gasteiger partial charge in [0.05, 0.1) is 6.61 Å². The van der Waals surface area contributed by atoms with E-state index >= 15 is 0 Å². The Balaban J connectivity index is 0.000000251. The SMILES string of the molecule is CO.NC1CCOC1.Nc1ccnc(=O)[nH]1. The summed E-state index contributed by atoms with van der Waals surface area (Å²) < 4.78 is 4.93. The van der Waals surface area contributed by atoms with Crippen molar-refractivity contribution in [2.45, 2.75) is 12.5 Å². The molecule has 1 aliphatic rings. The van der Waals surface area contributed by atoms with E-state index in [0.717, 1.165) is 26.7 Å². The van der Waals surface area contributed by atoms with Gasteiger partial charge >= 0.3 is 5.69 Å². The van der Waals surface area contributed by atoms with Crippen LogP contribution in [0.5, 0.6) is 0 Å². The van der Waals surface area contributed by atoms with Gasteiger partial charge in [0, 0.05) is 26.0 Å². The highest BCUT2D eigenvalue weighted by Crippen LogP contribution is 1.98. The molecule has 0 amide bonds. The van der Waals surface area contributed by atoms with Gasteiger partial charge in [0.15, 0.2) is 0 Å². The number of anilines is 1. The van der Waals surface area contributed by atoms with Crippen molar-refractivity contribution in [1.29, 1.82) is 0 Å². The van der Waals surface area contributed by atoms with Gasteiger partial charge < -0.3 is 21.3 Å². The first-order valence-electron chi connectivity index (χ1n) is 4.77. The first kappa shape index (κ1) is 14.6. The molecule has 1 atom stereocenters. The summed E-state index contributed by atoms with van der Waals surface area (Å²) in [6, 6.07) is 1.84. The number of hydrogen-bond acceptors (Lipinski definition) is 6. The fraction of sp³-hybridized carbons (Fsp3) is 0.556. The number of nitrogens with zero attached hydrogens (tertiary/aromatic N) is 1. The van der Waals surface area contributed by atoms with Crippen molar-refractivity contribution < 1.29 is 9.84 Å². The number of aliphatic hydroxyl groups is 1. The summed E-state index contributed by atoms with van der Waals surface area (Å²) in [7, 11) is 1.00. The Labute approximate surface area is 93.5 Å². The van der Waals surface area contributed by atoms with E-state index in [-0.39, 0.29) is 0 Å². The maximum absolute atomic E-state index is 10.2. The molecule has 0 radical (unpaired) electrons. The van der Waals surface area contributed by atoms with Crippen LogP contribution in [0.4, 0.5) is 5.82 Å². The molecular formula is C9H18N4O3. The van der Waals surface area contributed by atoms with Gasteiger partial charge in [-0.05, 0) is 12.5 Å². The van der Waals surface area contributed by atoms with Gasteiger partial charge in [-0.2, -0.15) is 0 Å². The van der Waals surface area contributed by atoms with E-state index < -0.39 is 5.69 Å². The van der Waals surface area contributed by atoms with Crippen LogP contribution in [-0.2, 0) is 4.74 Å². The van der Waals surface area contributed by atoms with Crippen LogP contribution < -0.4 is 17.2 Å². The summed E-state index contributed by atoms with van der Waals surface area (Å²) in [5.74, 6) is 0.338. The molecule has 1 fully saturated rings. The molecule has 92 valence electrons. The molecule has 2 rings (SSSR count). The first-order chi connectivity index (χ1) is 7.68. The number of rotatable bonds is 0. The molecular weight excluding hydrogens is 212 g/mol. The molecule has 1 aliphatic heterocycles. The lowest BCUT2D eigenvalue weighted by Gasteiger charge is -1.90. The molecule has 0 spiro atoms. The van der Waals surface area contributed by atoms with Gasteiger partial charge in [-0.3, -0.25) is 4.98 Å². The van der Waals surface area contributed by atoms with E-state index in [9.17, 15) is 4.79 Å². The highest BCUT2D eigenvalue weighted by molar-refractivity contribution is 5.22. The van der Waals surface area contributed by atoms with Crippen molar-refractivity contribution in [2.75, 3.05) is 26.1 Å². The molecule has 1 unspecified atom stereocenters. The Kier molecular flexibility index (Phi) is 8.04. The van der Waals surface area contributed by atoms with Crippen LogP contribution in [0.25, 0.3) is 0 Å². The molecule has 0 aliphatic carbocycles. The molecule has 7 nitrogen and oxygen atoms in total. The number of aromatic amines is 1. The van der Waals surface area contributed by atoms with Gasteiger partial charge in [0.1, 0.15) is 5.82 Å². The van der Waals surface area contributed by atoms with E-state index in [4.69, 9.17) is 21.3 Å². The highest BCUT2D eigenvalue weighted by atomic mass is 16.5. The van der Waals surface area contributed by atoms with Crippen molar-refractivity contribution >= 4 is 5.82 Å². The molecule has 0 bridgehead atoms. The fourth-order valence-corrected chi connectivity index (χ4v) is 0.935. The van der Waals surface area contributed by atoms with Crippen LogP contribution in [0.1, 0.15) is 6.42 Å². The Morgan fingerprint density at radius 2 is 2.31 bits per heavy atom. The fourth-order valence-electron chi connectivity index (χ4n) is 0.935. The smallest absolute Gasteiger partial charge is 0.346 e. The Hall–Kier alpha value is -1.44. The number of hydrogen-bond donors (Lipinski definition) is 4. The van der Waals surface area contributed by atoms with Crippen LogP contribution in [0.2, 0.25) is 0 Å². The number of nitrogens with two attached hydrogens (primary N) is 2. The predicted octanol–water partition coefficient (Wildman–Crippen LogP) is -1.31. The largest absolute Gasteiger partial charge is 0.400 e. The van der Waals surface area contributed by atoms with Gasteiger partial charge in [-0.1, -0.05) is 0 Å². The van der Waals surface area contributed by atoms with E-state index in [2.05, 4.69) is 9.97 Å². The molecule has 6 N–H and O–H groups in total. The summed E-state index contributed by atoms with van der Waals surface area (Å²) in [6.07, 6.45) is 2.40. The molecule has 16 heavy (non-hydrogen) atoms. The van der Waals surface area contributed by atoms with Crippen LogP contribution in [0, 0.1) is 0 Å². The normalized spacial score (nSPS) is 17.8. The first-order valence-corrected chi connectivity index (χ1v) is 4.77. The van der Waals surface area contributed by atoms with Gasteiger partial charge in [-0.25, -0.2) is 9.78 Å². The minimum absolute atomic E-state index is 0.324. The van der Waals surface area contributed by atoms with Crippen molar-refractivity contribution in [3.63, 3.8) is 0 Å². The average Bonchev–Trinajstić information content (AvgIpc) is 2.73. The van der Waals surface area contributed by atoms with Crippen molar-refractivity contribution in [3.8, 4) is 0 Å². The maximum Gasteiger partial charge on any atom is 0.346 e. The second-order valence-corrected chi connectivity index (χ2v) is 2.95. The standard InChI is InChI=1S/C4H5N3O.C4H9NO.CH4O/c5-3-1-2-6-4(8)7-3;5-4-1-2-6-3-4;1-2/h1-2H,(H3,5,6,7,8);4H,1-3,5H2;2H,1H3. The quantitative estimate of drug-likeness (QED) is 0.438. The Morgan fingerprint density at radius 1 is 1.62 bits per heavy atom. The van der Waals surface area contributed by atoms with Crippen LogP contribution in [-0.4, -0.2) is 41.4 Å². The molecule has 1 aromatic heterocycles. The lowest BCUT2D eigenvalue weighted by molar-refractivity contribution is 0.194. The zero-order valence-corrected chi connectivity index (χ0v) is 9.22. The minimum Gasteiger partial charge on any atom is -0.400 e. The number of nitrogen functional groups attached to an aromatic ring is 1. The molecule has 7 heteroatoms. The average molecular weight is 230 g/mol. The minimum atomic E-state index is -0.412. The summed E-state index contributed by atoms with van der Waals surface area (Å²) in [5.41, 5.74) is 10.2. The molecule has 1 aromatic rings. The highest BCUT2D eigenvalue weighted by Gasteiger charge is 2.08. The number of aliphatic hydroxyl groups excluding tert-OH is 1. The van der Waals surface area contributed by atoms with Gasteiger partial charge in [0.25, 0.3) is 0 Å². The van der Waals surface area contributed by atoms with E-state index in [1.165, 1.54) is 12.3 Å². The molecule has 1 saturated heterocycles. The number of aromatic nitrogens is 2. The van der Waals surface area contributed by atoms with Crippen LogP contribution in [0.3, 0.4) is 0 Å². The summed E-state index contributed by atoms with van der Waals surface area (Å²) in [4.78, 5) is 15.9. The Morgan fingerprint density at radius 3 is 2.56 bits per heavy atom. The third-order valence-electron chi connectivity index (χ3n) is 1.66. The lowest BCUT2D eigenvalue weighted by atomic mass is 10.3. The second kappa shape index (κ2) is 8.84. The van der Waals surface area contributed by atoms with Crippen LogP contribution >= 0.6 is 0 Å². The van der Waals surface area contributed by atoms with E-state index in [0.29, 0.717) is 11.9 Å². The molecule has 0 aromatic carbocycles. The summed E-state index contributed by atoms with van der Waals surface area (Å²) in [5, 5.41) is 7.00. The van der Waals surface area contributed by atoms with Gasteiger partial charge in [-0.15, -0.1) is 0 Å². The maximum atomic E-state index is 10.2. The summed E-state index contributed by atoms with van der Waals surface area (Å²) >= 11 is 0. The van der Waals surface area contributed by atoms with E-state index in [1.54, 1.807) is 0 Å². The van der Waals surface area contributed by atoms with E-state index in [1.807, 2.05) is 0 Å². The third-order valence-corrected chi connectivity index (χ3v) is 1.66. The zero-order valence-electron chi connectivity index (χ0n) is 9.22. The summed E-state index contributed by atoms with van der Waals surface area (Å²) in [6.45, 7) is 1.63. The lowest BCUT2D eigenvalue weighted by Crippen LogP contribution is -2.18. The Bertz CT molecular complexity index is 323. The predicted molar refractivity (Wildman–Crippen MR) is 60.8 cm³/mol. The zero-order chi connectivity index (χ0) is 12.4. The topological polar surface area (TPSA) is 127 Å². The monoisotopic (exact) mass is 230 g/mol. The van der Waals surface area contributed by atoms with Crippen LogP contribution in [0.15, 0.2) is 17.1 Å². The number of ether oxygens (including phenoxy) is 1. The van der Waals surface area contributed by atoms with Gasteiger partial charge in [0.2, 0.25) is 0 Å². The number of nitrogens with one attached hydrogen (secondary N) is 1. The van der Waals surface area contributed by atoms with Crippen molar-refractivity contribution in [3.05, 3.63) is 22.7 Å². The van der Waals surface area contributed by atoms with Crippen molar-refractivity contribution in [2.24, 2.45) is 5.73 Å². The van der Waals surface area contributed by atoms with Crippen molar-refractivity contribution in [1.82, 2.24) is 9.97 Å². The molecule has 0 saturated carbocycles. The number of H-pyrrole nitrogens is 1.